The molecule has 0 aromatic carbocycles. The normalized spacial score (nSPS) is 16.8. The van der Waals surface area contributed by atoms with Gasteiger partial charge in [0.1, 0.15) is 5.56 Å². The number of methoxy groups -OCH3 is 1. The van der Waals surface area contributed by atoms with Crippen molar-refractivity contribution in [1.82, 2.24) is 34.9 Å². The molecule has 254 valence electrons. The summed E-state index contributed by atoms with van der Waals surface area (Å²) < 4.78 is 76.3. The van der Waals surface area contributed by atoms with E-state index in [0.29, 0.717) is 43.1 Å². The van der Waals surface area contributed by atoms with Crippen molar-refractivity contribution in [2.45, 2.75) is 68.8 Å². The van der Waals surface area contributed by atoms with Gasteiger partial charge in [-0.05, 0) is 45.6 Å². The number of carbonyl (C=O) groups is 1. The number of aromatic nitrogens is 7. The monoisotopic (exact) mass is 687 g/mol. The topological polar surface area (TPSA) is 175 Å². The van der Waals surface area contributed by atoms with Crippen molar-refractivity contribution in [3.05, 3.63) is 55.0 Å². The van der Waals surface area contributed by atoms with Gasteiger partial charge in [-0.3, -0.25) is 14.9 Å². The third kappa shape index (κ3) is 8.10. The summed E-state index contributed by atoms with van der Waals surface area (Å²) in [6, 6.07) is 0.753. The maximum Gasteiger partial charge on any atom is 0.419 e. The van der Waals surface area contributed by atoms with Crippen LogP contribution in [0, 0.1) is 0 Å². The van der Waals surface area contributed by atoms with Gasteiger partial charge in [0.15, 0.2) is 15.7 Å². The highest BCUT2D eigenvalue weighted by Gasteiger charge is 2.37. The highest BCUT2D eigenvalue weighted by Crippen LogP contribution is 2.37. The molecule has 1 aliphatic carbocycles. The van der Waals surface area contributed by atoms with Gasteiger partial charge in [0, 0.05) is 60.5 Å². The smallest absolute Gasteiger partial charge is 0.419 e. The molecule has 1 saturated carbocycles. The zero-order valence-corrected chi connectivity index (χ0v) is 27.2. The lowest BCUT2D eigenvalue weighted by Gasteiger charge is -2.36. The molecule has 0 atom stereocenters. The fourth-order valence-electron chi connectivity index (χ4n) is 5.13. The van der Waals surface area contributed by atoms with Crippen molar-refractivity contribution >= 4 is 27.7 Å². The van der Waals surface area contributed by atoms with Gasteiger partial charge in [0.25, 0.3) is 0 Å². The van der Waals surface area contributed by atoms with E-state index < -0.39 is 33.4 Å². The number of hydrogen-bond donors (Lipinski definition) is 1. The second kappa shape index (κ2) is 14.0. The van der Waals surface area contributed by atoms with E-state index in [9.17, 15) is 26.4 Å². The van der Waals surface area contributed by atoms with Gasteiger partial charge >= 0.3 is 18.3 Å². The van der Waals surface area contributed by atoms with Crippen LogP contribution in [-0.4, -0.2) is 81.0 Å². The van der Waals surface area contributed by atoms with Crippen LogP contribution in [0.3, 0.4) is 0 Å². The summed E-state index contributed by atoms with van der Waals surface area (Å²) in [6.45, 7) is 3.47. The van der Waals surface area contributed by atoms with Gasteiger partial charge in [0.05, 0.1) is 41.9 Å². The lowest BCUT2D eigenvalue weighted by atomic mass is 9.90. The molecule has 4 aromatic rings. The Morgan fingerprint density at radius 2 is 1.65 bits per heavy atom. The van der Waals surface area contributed by atoms with Gasteiger partial charge in [-0.15, -0.1) is 0 Å². The first kappa shape index (κ1) is 34.3. The molecule has 4 heterocycles. The molecule has 5 rings (SSSR count). The quantitative estimate of drug-likeness (QED) is 0.249. The molecule has 0 spiro atoms. The number of carbonyl (C=O) groups excluding carboxylic acids is 1. The molecule has 14 nitrogen and oxygen atoms in total. The standard InChI is InChI=1S/C30H32F3N9O5S/c1-17(2)47-29(43)42(25-16-35-24(15-36-25)19-11-38-28(46-3)39-12-19)21-7-5-20(6-8-21)40-27-37-14-23(30(31,32)33)26(41-27)18-9-22(13-34-10-18)48(4,44)45/h9-17,20-21H,5-8H2,1-4H3,(H,37,40,41). The molecule has 1 N–H and O–H groups in total. The second-order valence-corrected chi connectivity index (χ2v) is 13.3. The highest BCUT2D eigenvalue weighted by molar-refractivity contribution is 7.90. The first-order valence-corrected chi connectivity index (χ1v) is 16.7. The van der Waals surface area contributed by atoms with Gasteiger partial charge < -0.3 is 14.8 Å². The predicted molar refractivity (Wildman–Crippen MR) is 167 cm³/mol. The zero-order valence-electron chi connectivity index (χ0n) is 26.3. The number of ether oxygens (including phenoxy) is 2. The number of nitrogens with zero attached hydrogens (tertiary/aromatic N) is 8. The van der Waals surface area contributed by atoms with Crippen molar-refractivity contribution < 1.29 is 35.9 Å². The molecule has 0 aliphatic heterocycles. The fraction of sp³-hybridized carbons (Fsp3) is 0.400. The molecule has 18 heteroatoms. The molecule has 0 saturated heterocycles. The van der Waals surface area contributed by atoms with E-state index >= 15 is 0 Å². The Morgan fingerprint density at radius 3 is 2.23 bits per heavy atom. The number of rotatable bonds is 9. The molecular weight excluding hydrogens is 655 g/mol. The van der Waals surface area contributed by atoms with Crippen molar-refractivity contribution in [2.24, 2.45) is 0 Å². The van der Waals surface area contributed by atoms with Crippen molar-refractivity contribution in [3.8, 4) is 28.5 Å². The molecule has 1 fully saturated rings. The average molecular weight is 688 g/mol. The summed E-state index contributed by atoms with van der Waals surface area (Å²) in [6.07, 6.45) is 6.06. The maximum atomic E-state index is 13.9. The number of anilines is 2. The van der Waals surface area contributed by atoms with Crippen LogP contribution in [0.5, 0.6) is 6.01 Å². The van der Waals surface area contributed by atoms with E-state index in [-0.39, 0.29) is 46.4 Å². The lowest BCUT2D eigenvalue weighted by Crippen LogP contribution is -2.45. The van der Waals surface area contributed by atoms with Crippen LogP contribution in [-0.2, 0) is 20.8 Å². The minimum Gasteiger partial charge on any atom is -0.467 e. The average Bonchev–Trinajstić information content (AvgIpc) is 3.05. The third-order valence-electron chi connectivity index (χ3n) is 7.43. The van der Waals surface area contributed by atoms with E-state index in [0.717, 1.165) is 24.7 Å². The first-order valence-electron chi connectivity index (χ1n) is 14.8. The number of pyridine rings is 1. The Hall–Kier alpha value is -5.00. The van der Waals surface area contributed by atoms with Crippen LogP contribution in [0.25, 0.3) is 22.5 Å². The van der Waals surface area contributed by atoms with E-state index in [1.807, 2.05) is 0 Å². The summed E-state index contributed by atoms with van der Waals surface area (Å²) in [5.74, 6) is 0.224. The van der Waals surface area contributed by atoms with Gasteiger partial charge in [0.2, 0.25) is 5.95 Å². The van der Waals surface area contributed by atoms with E-state index in [1.54, 1.807) is 26.2 Å². The van der Waals surface area contributed by atoms with Crippen LogP contribution in [0.1, 0.15) is 45.1 Å². The molecule has 1 amide bonds. The van der Waals surface area contributed by atoms with Crippen molar-refractivity contribution in [1.29, 1.82) is 0 Å². The molecule has 0 bridgehead atoms. The maximum absolute atomic E-state index is 13.9. The fourth-order valence-corrected chi connectivity index (χ4v) is 5.72. The third-order valence-corrected chi connectivity index (χ3v) is 8.51. The molecule has 0 radical (unpaired) electrons. The van der Waals surface area contributed by atoms with Gasteiger partial charge in [-0.1, -0.05) is 0 Å². The minimum absolute atomic E-state index is 0.0637. The predicted octanol–water partition coefficient (Wildman–Crippen LogP) is 4.99. The van der Waals surface area contributed by atoms with Crippen LogP contribution < -0.4 is 15.0 Å². The van der Waals surface area contributed by atoms with E-state index in [4.69, 9.17) is 9.47 Å². The summed E-state index contributed by atoms with van der Waals surface area (Å²) in [4.78, 5) is 43.4. The van der Waals surface area contributed by atoms with Crippen LogP contribution in [0.15, 0.2) is 54.3 Å². The Bertz CT molecular complexity index is 1850. The summed E-state index contributed by atoms with van der Waals surface area (Å²) >= 11 is 0. The van der Waals surface area contributed by atoms with E-state index in [2.05, 4.69) is 40.2 Å². The first-order chi connectivity index (χ1) is 22.7. The Labute approximate surface area is 274 Å². The number of sulfone groups is 1. The lowest BCUT2D eigenvalue weighted by molar-refractivity contribution is -0.137. The molecule has 48 heavy (non-hydrogen) atoms. The summed E-state index contributed by atoms with van der Waals surface area (Å²) in [5.41, 5.74) is -0.662. The Balaban J connectivity index is 1.33. The number of hydrogen-bond acceptors (Lipinski definition) is 13. The molecule has 0 unspecified atom stereocenters. The largest absolute Gasteiger partial charge is 0.467 e. The Morgan fingerprint density at radius 1 is 0.938 bits per heavy atom. The minimum atomic E-state index is -4.80. The molecule has 1 aliphatic rings. The highest BCUT2D eigenvalue weighted by atomic mass is 32.2. The number of nitrogens with one attached hydrogen (secondary N) is 1. The van der Waals surface area contributed by atoms with Crippen molar-refractivity contribution in [2.75, 3.05) is 23.6 Å². The van der Waals surface area contributed by atoms with Crippen LogP contribution in [0.2, 0.25) is 0 Å². The number of amides is 1. The SMILES string of the molecule is COc1ncc(-c2cnc(N(C(=O)OC(C)C)C3CCC(Nc4ncc(C(F)(F)F)c(-c5cncc(S(C)(=O)=O)c5)n4)CC3)cn2)cn1. The van der Waals surface area contributed by atoms with Gasteiger partial charge in [-0.2, -0.15) is 13.2 Å². The van der Waals surface area contributed by atoms with E-state index in [1.165, 1.54) is 24.4 Å². The van der Waals surface area contributed by atoms with Crippen molar-refractivity contribution in [3.63, 3.8) is 0 Å². The number of halogens is 3. The second-order valence-electron chi connectivity index (χ2n) is 11.3. The van der Waals surface area contributed by atoms with Gasteiger partial charge in [-0.25, -0.2) is 38.1 Å². The summed E-state index contributed by atoms with van der Waals surface area (Å²) in [7, 11) is -2.28. The zero-order chi connectivity index (χ0) is 34.6. The Kier molecular flexibility index (Phi) is 10.0. The summed E-state index contributed by atoms with van der Waals surface area (Å²) in [5, 5.41) is 3.10. The molecular formula is C30H32F3N9O5S. The molecule has 4 aromatic heterocycles. The van der Waals surface area contributed by atoms with Crippen LogP contribution >= 0.6 is 0 Å². The van der Waals surface area contributed by atoms with Crippen LogP contribution in [0.4, 0.5) is 29.7 Å². The number of alkyl halides is 3.